The Morgan fingerprint density at radius 2 is 2.33 bits per heavy atom. The van der Waals surface area contributed by atoms with Gasteiger partial charge >= 0.3 is 5.97 Å². The number of carbonyl (C=O) groups excluding carboxylic acids is 1. The number of thioether (sulfide) groups is 1. The highest BCUT2D eigenvalue weighted by atomic mass is 32.2. The molecule has 1 aromatic carbocycles. The summed E-state index contributed by atoms with van der Waals surface area (Å²) in [5.74, 6) is -0.281. The number of azide groups is 1. The summed E-state index contributed by atoms with van der Waals surface area (Å²) in [6.07, 6.45) is 2.79. The number of rotatable bonds is 10. The number of benzene rings is 1. The minimum absolute atomic E-state index is 0.189. The summed E-state index contributed by atoms with van der Waals surface area (Å²) in [5.41, 5.74) is 9.18. The van der Waals surface area contributed by atoms with Crippen LogP contribution in [0.4, 0.5) is 0 Å². The van der Waals surface area contributed by atoms with Crippen LogP contribution in [0.2, 0.25) is 0 Å². The molecule has 0 radical (unpaired) electrons. The molecule has 1 aromatic rings. The number of ether oxygens (including phenoxy) is 2. The Morgan fingerprint density at radius 3 is 3.04 bits per heavy atom. The van der Waals surface area contributed by atoms with Crippen molar-refractivity contribution in [1.82, 2.24) is 5.32 Å². The lowest BCUT2D eigenvalue weighted by Gasteiger charge is -2.23. The maximum atomic E-state index is 11.5. The number of carboxylic acid groups (broad SMARTS) is 1. The van der Waals surface area contributed by atoms with E-state index in [1.807, 2.05) is 24.3 Å². The highest BCUT2D eigenvalue weighted by Crippen LogP contribution is 2.22. The van der Waals surface area contributed by atoms with E-state index in [4.69, 9.17) is 15.0 Å². The fourth-order valence-corrected chi connectivity index (χ4v) is 3.46. The molecular formula is C17H22N4O5S. The van der Waals surface area contributed by atoms with Crippen molar-refractivity contribution >= 4 is 23.6 Å². The van der Waals surface area contributed by atoms with Crippen molar-refractivity contribution in [1.29, 1.82) is 0 Å². The van der Waals surface area contributed by atoms with Gasteiger partial charge in [-0.3, -0.25) is 4.79 Å². The average Bonchev–Trinajstić information content (AvgIpc) is 2.66. The van der Waals surface area contributed by atoms with Crippen LogP contribution in [0.1, 0.15) is 24.8 Å². The predicted octanol–water partition coefficient (Wildman–Crippen LogP) is 2.70. The molecule has 1 heterocycles. The summed E-state index contributed by atoms with van der Waals surface area (Å²) < 4.78 is 11.4. The van der Waals surface area contributed by atoms with Gasteiger partial charge in [-0.2, -0.15) is 11.8 Å². The summed E-state index contributed by atoms with van der Waals surface area (Å²) in [4.78, 5) is 25.2. The first-order valence-electron chi connectivity index (χ1n) is 8.56. The maximum absolute atomic E-state index is 11.5. The Kier molecular flexibility index (Phi) is 8.76. The molecule has 1 fully saturated rings. The van der Waals surface area contributed by atoms with Crippen LogP contribution in [0.15, 0.2) is 29.4 Å². The number of nitrogens with one attached hydrogen (secondary N) is 1. The zero-order chi connectivity index (χ0) is 19.5. The van der Waals surface area contributed by atoms with Gasteiger partial charge in [0.15, 0.2) is 6.29 Å². The maximum Gasteiger partial charge on any atom is 0.327 e. The van der Waals surface area contributed by atoms with Gasteiger partial charge in [0.25, 0.3) is 0 Å². The standard InChI is InChI=1S/C17H22N4O5S/c18-21-19-9-15(22)20-14(17(23)24)11-27-10-12-4-3-5-13(8-12)26-16-6-1-2-7-25-16/h3-5,8,14,16H,1-2,6-7,9-11H2,(H,20,22)(H,23,24). The van der Waals surface area contributed by atoms with Crippen molar-refractivity contribution in [3.05, 3.63) is 40.3 Å². The summed E-state index contributed by atoms with van der Waals surface area (Å²) >= 11 is 1.38. The lowest BCUT2D eigenvalue weighted by Crippen LogP contribution is -2.43. The van der Waals surface area contributed by atoms with Crippen LogP contribution in [0.5, 0.6) is 5.75 Å². The van der Waals surface area contributed by atoms with E-state index in [1.165, 1.54) is 11.8 Å². The molecule has 2 rings (SSSR count). The van der Waals surface area contributed by atoms with Crippen molar-refractivity contribution in [3.63, 3.8) is 0 Å². The van der Waals surface area contributed by atoms with Gasteiger partial charge in [-0.15, -0.1) is 0 Å². The van der Waals surface area contributed by atoms with Crippen molar-refractivity contribution in [2.24, 2.45) is 5.11 Å². The molecule has 1 saturated heterocycles. The first kappa shape index (κ1) is 20.9. The fourth-order valence-electron chi connectivity index (χ4n) is 2.47. The Balaban J connectivity index is 1.81. The van der Waals surface area contributed by atoms with Gasteiger partial charge in [-0.25, -0.2) is 4.79 Å². The molecule has 0 aliphatic carbocycles. The molecule has 0 spiro atoms. The number of aliphatic carboxylic acids is 1. The topological polar surface area (TPSA) is 134 Å². The van der Waals surface area contributed by atoms with Crippen LogP contribution in [0.25, 0.3) is 10.4 Å². The highest BCUT2D eigenvalue weighted by Gasteiger charge is 2.19. The largest absolute Gasteiger partial charge is 0.480 e. The number of hydrogen-bond donors (Lipinski definition) is 2. The molecule has 0 bridgehead atoms. The van der Waals surface area contributed by atoms with E-state index in [1.54, 1.807) is 0 Å². The number of carboxylic acids is 1. The lowest BCUT2D eigenvalue weighted by atomic mass is 10.2. The van der Waals surface area contributed by atoms with Gasteiger partial charge in [-0.05, 0) is 36.1 Å². The van der Waals surface area contributed by atoms with Gasteiger partial charge in [0, 0.05) is 22.8 Å². The minimum atomic E-state index is -1.14. The van der Waals surface area contributed by atoms with Crippen LogP contribution in [-0.2, 0) is 20.1 Å². The zero-order valence-corrected chi connectivity index (χ0v) is 15.6. The van der Waals surface area contributed by atoms with E-state index in [2.05, 4.69) is 15.3 Å². The molecule has 1 amide bonds. The first-order valence-corrected chi connectivity index (χ1v) is 9.72. The molecule has 10 heteroatoms. The molecule has 0 aromatic heterocycles. The number of carbonyl (C=O) groups is 2. The molecule has 2 atom stereocenters. The molecular weight excluding hydrogens is 372 g/mol. The summed E-state index contributed by atoms with van der Waals surface area (Å²) in [6, 6.07) is 6.52. The van der Waals surface area contributed by atoms with Crippen molar-refractivity contribution in [2.75, 3.05) is 18.9 Å². The second-order valence-electron chi connectivity index (χ2n) is 5.92. The summed E-state index contributed by atoms with van der Waals surface area (Å²) in [5, 5.41) is 14.7. The minimum Gasteiger partial charge on any atom is -0.480 e. The second-order valence-corrected chi connectivity index (χ2v) is 6.95. The summed E-state index contributed by atoms with van der Waals surface area (Å²) in [7, 11) is 0. The van der Waals surface area contributed by atoms with Gasteiger partial charge < -0.3 is 19.9 Å². The molecule has 1 aliphatic heterocycles. The molecule has 146 valence electrons. The first-order chi connectivity index (χ1) is 13.1. The smallest absolute Gasteiger partial charge is 0.327 e. The third kappa shape index (κ3) is 7.78. The quantitative estimate of drug-likeness (QED) is 0.356. The van der Waals surface area contributed by atoms with Crippen LogP contribution in [0.3, 0.4) is 0 Å². The molecule has 9 nitrogen and oxygen atoms in total. The van der Waals surface area contributed by atoms with E-state index < -0.39 is 24.5 Å². The highest BCUT2D eigenvalue weighted by molar-refractivity contribution is 7.98. The van der Waals surface area contributed by atoms with Crippen LogP contribution in [0, 0.1) is 0 Å². The third-order valence-electron chi connectivity index (χ3n) is 3.77. The predicted molar refractivity (Wildman–Crippen MR) is 100 cm³/mol. The number of hydrogen-bond acceptors (Lipinski definition) is 6. The van der Waals surface area contributed by atoms with Crippen molar-refractivity contribution in [3.8, 4) is 5.75 Å². The number of nitrogens with zero attached hydrogens (tertiary/aromatic N) is 3. The van der Waals surface area contributed by atoms with E-state index in [9.17, 15) is 14.7 Å². The molecule has 27 heavy (non-hydrogen) atoms. The van der Waals surface area contributed by atoms with Crippen LogP contribution in [-0.4, -0.2) is 48.2 Å². The van der Waals surface area contributed by atoms with Crippen molar-refractivity contribution < 1.29 is 24.2 Å². The molecule has 0 saturated carbocycles. The van der Waals surface area contributed by atoms with E-state index in [0.717, 1.165) is 30.6 Å². The van der Waals surface area contributed by atoms with E-state index >= 15 is 0 Å². The Hall–Kier alpha value is -2.42. The molecule has 2 N–H and O–H groups in total. The van der Waals surface area contributed by atoms with E-state index in [0.29, 0.717) is 12.4 Å². The monoisotopic (exact) mass is 394 g/mol. The van der Waals surface area contributed by atoms with Crippen LogP contribution < -0.4 is 10.1 Å². The Morgan fingerprint density at radius 1 is 1.48 bits per heavy atom. The normalized spacial score (nSPS) is 17.4. The Bertz CT molecular complexity index is 690. The van der Waals surface area contributed by atoms with Gasteiger partial charge in [0.05, 0.1) is 6.61 Å². The second kappa shape index (κ2) is 11.3. The number of amides is 1. The molecule has 2 unspecified atom stereocenters. The SMILES string of the molecule is [N-]=[N+]=NCC(=O)NC(CSCc1cccc(OC2CCCCO2)c1)C(=O)O. The third-order valence-corrected chi connectivity index (χ3v) is 4.87. The van der Waals surface area contributed by atoms with Gasteiger partial charge in [0.2, 0.25) is 5.91 Å². The lowest BCUT2D eigenvalue weighted by molar-refractivity contribution is -0.140. The van der Waals surface area contributed by atoms with Crippen LogP contribution >= 0.6 is 11.8 Å². The van der Waals surface area contributed by atoms with Gasteiger partial charge in [-0.1, -0.05) is 17.2 Å². The average molecular weight is 394 g/mol. The van der Waals surface area contributed by atoms with Crippen molar-refractivity contribution in [2.45, 2.75) is 37.3 Å². The Labute approximate surface area is 161 Å². The zero-order valence-electron chi connectivity index (χ0n) is 14.7. The van der Waals surface area contributed by atoms with Gasteiger partial charge in [0.1, 0.15) is 18.3 Å². The summed E-state index contributed by atoms with van der Waals surface area (Å²) in [6.45, 7) is 0.287. The van der Waals surface area contributed by atoms with E-state index in [-0.39, 0.29) is 12.0 Å². The fraction of sp³-hybridized carbons (Fsp3) is 0.529. The molecule has 1 aliphatic rings.